The lowest BCUT2D eigenvalue weighted by atomic mass is 9.74. The zero-order valence-corrected chi connectivity index (χ0v) is 12.7. The fourth-order valence-electron chi connectivity index (χ4n) is 4.32. The van der Waals surface area contributed by atoms with Crippen LogP contribution in [0.4, 0.5) is 8.78 Å². The lowest BCUT2D eigenvalue weighted by Gasteiger charge is -2.46. The summed E-state index contributed by atoms with van der Waals surface area (Å²) in [5.41, 5.74) is 0.241. The Morgan fingerprint density at radius 1 is 1.10 bits per heavy atom. The SMILES string of the molecule is O=C(C1CCC(F)(F)CC1)N1CCCC2(CCCNC2)C1. The molecule has 0 aromatic heterocycles. The van der Waals surface area contributed by atoms with E-state index < -0.39 is 5.92 Å². The second-order valence-corrected chi connectivity index (χ2v) is 7.27. The number of nitrogens with zero attached hydrogens (tertiary/aromatic N) is 1. The fraction of sp³-hybridized carbons (Fsp3) is 0.938. The van der Waals surface area contributed by atoms with Gasteiger partial charge in [-0.2, -0.15) is 0 Å². The molecule has 1 amide bonds. The first-order valence-electron chi connectivity index (χ1n) is 8.37. The van der Waals surface area contributed by atoms with Gasteiger partial charge in [0.05, 0.1) is 0 Å². The highest BCUT2D eigenvalue weighted by Crippen LogP contribution is 2.39. The lowest BCUT2D eigenvalue weighted by Crippen LogP contribution is -2.54. The molecule has 2 aliphatic heterocycles. The van der Waals surface area contributed by atoms with Crippen molar-refractivity contribution >= 4 is 5.91 Å². The molecule has 1 atom stereocenters. The smallest absolute Gasteiger partial charge is 0.248 e. The molecule has 1 N–H and O–H groups in total. The molecule has 120 valence electrons. The van der Waals surface area contributed by atoms with Crippen LogP contribution in [0.5, 0.6) is 0 Å². The van der Waals surface area contributed by atoms with Crippen LogP contribution in [0.15, 0.2) is 0 Å². The van der Waals surface area contributed by atoms with Crippen LogP contribution in [0, 0.1) is 11.3 Å². The van der Waals surface area contributed by atoms with E-state index in [-0.39, 0.29) is 30.1 Å². The Morgan fingerprint density at radius 2 is 1.81 bits per heavy atom. The van der Waals surface area contributed by atoms with E-state index in [4.69, 9.17) is 0 Å². The molecule has 1 spiro atoms. The molecule has 1 aliphatic carbocycles. The van der Waals surface area contributed by atoms with Gasteiger partial charge in [-0.3, -0.25) is 4.79 Å². The Labute approximate surface area is 125 Å². The largest absolute Gasteiger partial charge is 0.342 e. The van der Waals surface area contributed by atoms with E-state index in [0.29, 0.717) is 12.8 Å². The maximum absolute atomic E-state index is 13.2. The number of carbonyl (C=O) groups excluding carboxylic acids is 1. The maximum atomic E-state index is 13.2. The van der Waals surface area contributed by atoms with Gasteiger partial charge < -0.3 is 10.2 Å². The quantitative estimate of drug-likeness (QED) is 0.807. The number of nitrogens with one attached hydrogen (secondary N) is 1. The topological polar surface area (TPSA) is 32.3 Å². The van der Waals surface area contributed by atoms with Crippen LogP contribution >= 0.6 is 0 Å². The molecular weight excluding hydrogens is 274 g/mol. The third-order valence-corrected chi connectivity index (χ3v) is 5.60. The number of alkyl halides is 2. The highest BCUT2D eigenvalue weighted by Gasteiger charge is 2.42. The number of hydrogen-bond acceptors (Lipinski definition) is 2. The van der Waals surface area contributed by atoms with Crippen molar-refractivity contribution in [3.8, 4) is 0 Å². The van der Waals surface area contributed by atoms with Crippen LogP contribution in [-0.2, 0) is 4.79 Å². The molecule has 0 radical (unpaired) electrons. The van der Waals surface area contributed by atoms with Crippen LogP contribution in [0.25, 0.3) is 0 Å². The van der Waals surface area contributed by atoms with E-state index in [1.807, 2.05) is 4.90 Å². The summed E-state index contributed by atoms with van der Waals surface area (Å²) < 4.78 is 26.5. The number of halogens is 2. The monoisotopic (exact) mass is 300 g/mol. The van der Waals surface area contributed by atoms with Crippen molar-refractivity contribution in [2.24, 2.45) is 11.3 Å². The molecule has 2 saturated heterocycles. The number of rotatable bonds is 1. The zero-order chi connectivity index (χ0) is 14.9. The van der Waals surface area contributed by atoms with Gasteiger partial charge in [-0.1, -0.05) is 0 Å². The van der Waals surface area contributed by atoms with Crippen molar-refractivity contribution < 1.29 is 13.6 Å². The molecule has 1 saturated carbocycles. The van der Waals surface area contributed by atoms with Gasteiger partial charge in [-0.05, 0) is 45.1 Å². The van der Waals surface area contributed by atoms with Crippen LogP contribution < -0.4 is 5.32 Å². The van der Waals surface area contributed by atoms with E-state index >= 15 is 0 Å². The molecular formula is C16H26F2N2O. The molecule has 2 heterocycles. The van der Waals surface area contributed by atoms with Crippen molar-refractivity contribution in [1.29, 1.82) is 0 Å². The van der Waals surface area contributed by atoms with E-state index in [1.165, 1.54) is 19.3 Å². The van der Waals surface area contributed by atoms with Gasteiger partial charge in [-0.15, -0.1) is 0 Å². The van der Waals surface area contributed by atoms with Gasteiger partial charge in [-0.25, -0.2) is 8.78 Å². The third kappa shape index (κ3) is 3.38. The van der Waals surface area contributed by atoms with Crippen LogP contribution in [0.3, 0.4) is 0 Å². The minimum Gasteiger partial charge on any atom is -0.342 e. The molecule has 3 aliphatic rings. The number of amides is 1. The van der Waals surface area contributed by atoms with Crippen molar-refractivity contribution in [3.63, 3.8) is 0 Å². The molecule has 1 unspecified atom stereocenters. The Hall–Kier alpha value is -0.710. The fourth-order valence-corrected chi connectivity index (χ4v) is 4.32. The lowest BCUT2D eigenvalue weighted by molar-refractivity contribution is -0.143. The molecule has 0 aromatic rings. The van der Waals surface area contributed by atoms with Gasteiger partial charge in [0.1, 0.15) is 0 Å². The minimum absolute atomic E-state index is 0.121. The third-order valence-electron chi connectivity index (χ3n) is 5.60. The predicted octanol–water partition coefficient (Wildman–Crippen LogP) is 2.80. The Morgan fingerprint density at radius 3 is 2.48 bits per heavy atom. The molecule has 21 heavy (non-hydrogen) atoms. The standard InChI is InChI=1S/C16H26F2N2O/c17-16(18)7-3-13(4-8-16)14(21)20-10-2-6-15(12-20)5-1-9-19-11-15/h13,19H,1-12H2. The van der Waals surface area contributed by atoms with Crippen molar-refractivity contribution in [3.05, 3.63) is 0 Å². The molecule has 3 fully saturated rings. The zero-order valence-electron chi connectivity index (χ0n) is 12.7. The maximum Gasteiger partial charge on any atom is 0.248 e. The summed E-state index contributed by atoms with van der Waals surface area (Å²) >= 11 is 0. The summed E-state index contributed by atoms with van der Waals surface area (Å²) in [6, 6.07) is 0. The number of hydrogen-bond donors (Lipinski definition) is 1. The summed E-state index contributed by atoms with van der Waals surface area (Å²) in [5, 5.41) is 3.46. The van der Waals surface area contributed by atoms with E-state index in [1.54, 1.807) is 0 Å². The highest BCUT2D eigenvalue weighted by molar-refractivity contribution is 5.79. The van der Waals surface area contributed by atoms with Gasteiger partial charge in [0.25, 0.3) is 0 Å². The summed E-state index contributed by atoms with van der Waals surface area (Å²) in [7, 11) is 0. The first kappa shape index (κ1) is 15.2. The van der Waals surface area contributed by atoms with E-state index in [0.717, 1.165) is 32.6 Å². The van der Waals surface area contributed by atoms with Crippen LogP contribution in [0.1, 0.15) is 51.4 Å². The highest BCUT2D eigenvalue weighted by atomic mass is 19.3. The van der Waals surface area contributed by atoms with Gasteiger partial charge in [0.15, 0.2) is 0 Å². The number of piperidine rings is 2. The number of carbonyl (C=O) groups is 1. The molecule has 0 bridgehead atoms. The van der Waals surface area contributed by atoms with Gasteiger partial charge in [0.2, 0.25) is 11.8 Å². The Balaban J connectivity index is 1.59. The summed E-state index contributed by atoms with van der Waals surface area (Å²) in [6.45, 7) is 3.71. The second-order valence-electron chi connectivity index (χ2n) is 7.27. The molecule has 5 heteroatoms. The molecule has 0 aromatic carbocycles. The average Bonchev–Trinajstić information content (AvgIpc) is 2.47. The van der Waals surface area contributed by atoms with E-state index in [2.05, 4.69) is 5.32 Å². The normalized spacial score (nSPS) is 34.1. The van der Waals surface area contributed by atoms with Crippen LogP contribution in [0.2, 0.25) is 0 Å². The van der Waals surface area contributed by atoms with E-state index in [9.17, 15) is 13.6 Å². The first-order valence-corrected chi connectivity index (χ1v) is 8.37. The minimum atomic E-state index is -2.55. The average molecular weight is 300 g/mol. The van der Waals surface area contributed by atoms with Crippen molar-refractivity contribution in [1.82, 2.24) is 10.2 Å². The Bertz CT molecular complexity index is 378. The van der Waals surface area contributed by atoms with Crippen molar-refractivity contribution in [2.45, 2.75) is 57.3 Å². The summed E-state index contributed by atoms with van der Waals surface area (Å²) in [4.78, 5) is 14.6. The summed E-state index contributed by atoms with van der Waals surface area (Å²) in [5.74, 6) is -2.58. The molecule has 3 nitrogen and oxygen atoms in total. The second kappa shape index (κ2) is 5.82. The molecule has 3 rings (SSSR count). The predicted molar refractivity (Wildman–Crippen MR) is 77.3 cm³/mol. The van der Waals surface area contributed by atoms with Crippen molar-refractivity contribution in [2.75, 3.05) is 26.2 Å². The summed E-state index contributed by atoms with van der Waals surface area (Å²) in [6.07, 6.45) is 5.07. The number of likely N-dealkylation sites (tertiary alicyclic amines) is 1. The Kier molecular flexibility index (Phi) is 4.21. The van der Waals surface area contributed by atoms with Gasteiger partial charge >= 0.3 is 0 Å². The van der Waals surface area contributed by atoms with Crippen LogP contribution in [-0.4, -0.2) is 42.9 Å². The first-order chi connectivity index (χ1) is 10.00. The van der Waals surface area contributed by atoms with Gasteiger partial charge in [0, 0.05) is 43.8 Å².